The van der Waals surface area contributed by atoms with Crippen molar-refractivity contribution >= 4 is 17.0 Å². The van der Waals surface area contributed by atoms with E-state index in [2.05, 4.69) is 15.3 Å². The number of rotatable bonds is 6. The van der Waals surface area contributed by atoms with Gasteiger partial charge in [-0.2, -0.15) is 0 Å². The highest BCUT2D eigenvalue weighted by molar-refractivity contribution is 7.09. The van der Waals surface area contributed by atoms with Crippen LogP contribution >= 0.6 is 11.3 Å². The summed E-state index contributed by atoms with van der Waals surface area (Å²) in [5.41, 5.74) is 8.25. The fourth-order valence-corrected chi connectivity index (χ4v) is 2.87. The second-order valence-electron chi connectivity index (χ2n) is 4.86. The summed E-state index contributed by atoms with van der Waals surface area (Å²) >= 11 is 1.67. The lowest BCUT2D eigenvalue weighted by Crippen LogP contribution is -1.99. The Morgan fingerprint density at radius 2 is 1.91 bits per heavy atom. The molecule has 0 aliphatic heterocycles. The van der Waals surface area contributed by atoms with E-state index >= 15 is 0 Å². The molecule has 4 nitrogen and oxygen atoms in total. The van der Waals surface area contributed by atoms with Crippen LogP contribution in [0.25, 0.3) is 11.4 Å². The molecule has 2 N–H and O–H groups in total. The molecule has 0 aliphatic rings. The summed E-state index contributed by atoms with van der Waals surface area (Å²) in [5.74, 6) is 0.850. The molecule has 22 heavy (non-hydrogen) atoms. The highest BCUT2D eigenvalue weighted by Gasteiger charge is 2.05. The number of thiazole rings is 1. The predicted molar refractivity (Wildman–Crippen MR) is 90.0 cm³/mol. The van der Waals surface area contributed by atoms with Crippen LogP contribution in [0.1, 0.15) is 11.4 Å². The van der Waals surface area contributed by atoms with Gasteiger partial charge in [0.15, 0.2) is 0 Å². The summed E-state index contributed by atoms with van der Waals surface area (Å²) in [6.07, 6.45) is 3.63. The minimum Gasteiger partial charge on any atom is -0.494 e. The minimum atomic E-state index is 0.669. The Bertz CT molecular complexity index is 710. The average Bonchev–Trinajstić information content (AvgIpc) is 3.03. The zero-order valence-corrected chi connectivity index (χ0v) is 12.9. The molecule has 0 amide bonds. The molecular formula is C17H17N3OS. The Kier molecular flexibility index (Phi) is 4.65. The zero-order chi connectivity index (χ0) is 15.2. The van der Waals surface area contributed by atoms with Gasteiger partial charge in [-0.25, -0.2) is 4.98 Å². The van der Waals surface area contributed by atoms with Gasteiger partial charge in [-0.3, -0.25) is 4.98 Å². The maximum Gasteiger partial charge on any atom is 0.119 e. The van der Waals surface area contributed by atoms with Gasteiger partial charge in [-0.1, -0.05) is 6.07 Å². The van der Waals surface area contributed by atoms with Gasteiger partial charge in [-0.15, -0.1) is 11.3 Å². The first-order chi connectivity index (χ1) is 10.8. The molecule has 1 aromatic carbocycles. The largest absolute Gasteiger partial charge is 0.494 e. The van der Waals surface area contributed by atoms with Crippen LogP contribution in [0.5, 0.6) is 5.75 Å². The van der Waals surface area contributed by atoms with Crippen molar-refractivity contribution in [2.45, 2.75) is 12.8 Å². The zero-order valence-electron chi connectivity index (χ0n) is 12.1. The number of aryl methyl sites for hydroxylation is 1. The number of nitrogen functional groups attached to an aromatic ring is 1. The Labute approximate surface area is 133 Å². The summed E-state index contributed by atoms with van der Waals surface area (Å²) in [6.45, 7) is 0.669. The maximum absolute atomic E-state index is 5.68. The van der Waals surface area contributed by atoms with Crippen molar-refractivity contribution in [1.29, 1.82) is 0 Å². The number of benzene rings is 1. The smallest absolute Gasteiger partial charge is 0.119 e. The molecule has 0 unspecified atom stereocenters. The lowest BCUT2D eigenvalue weighted by molar-refractivity contribution is 0.311. The van der Waals surface area contributed by atoms with Crippen LogP contribution in [-0.4, -0.2) is 16.6 Å². The van der Waals surface area contributed by atoms with Gasteiger partial charge in [0.2, 0.25) is 0 Å². The lowest BCUT2D eigenvalue weighted by Gasteiger charge is -2.05. The number of hydrogen-bond acceptors (Lipinski definition) is 5. The molecule has 0 fully saturated rings. The third-order valence-corrected chi connectivity index (χ3v) is 4.07. The van der Waals surface area contributed by atoms with E-state index in [-0.39, 0.29) is 0 Å². The SMILES string of the molecule is Nc1ccc(OCCCc2nc(-c3ccccn3)cs2)cc1. The molecule has 0 aliphatic carbocycles. The maximum atomic E-state index is 5.68. The molecule has 112 valence electrons. The summed E-state index contributed by atoms with van der Waals surface area (Å²) < 4.78 is 5.68. The highest BCUT2D eigenvalue weighted by atomic mass is 32.1. The molecule has 0 bridgehead atoms. The third-order valence-electron chi connectivity index (χ3n) is 3.16. The van der Waals surface area contributed by atoms with Crippen LogP contribution in [0.4, 0.5) is 5.69 Å². The van der Waals surface area contributed by atoms with E-state index < -0.39 is 0 Å². The third kappa shape index (κ3) is 3.83. The molecule has 5 heteroatoms. The van der Waals surface area contributed by atoms with Gasteiger partial charge < -0.3 is 10.5 Å². The van der Waals surface area contributed by atoms with Crippen molar-refractivity contribution in [3.8, 4) is 17.1 Å². The highest BCUT2D eigenvalue weighted by Crippen LogP contribution is 2.20. The average molecular weight is 311 g/mol. The van der Waals surface area contributed by atoms with Crippen LogP contribution in [0, 0.1) is 0 Å². The summed E-state index contributed by atoms with van der Waals surface area (Å²) in [7, 11) is 0. The molecule has 3 aromatic rings. The number of hydrogen-bond donors (Lipinski definition) is 1. The molecule has 0 saturated heterocycles. The van der Waals surface area contributed by atoms with Crippen LogP contribution in [0.3, 0.4) is 0 Å². The van der Waals surface area contributed by atoms with Crippen molar-refractivity contribution in [2.75, 3.05) is 12.3 Å². The van der Waals surface area contributed by atoms with Crippen LogP contribution in [0.15, 0.2) is 54.0 Å². The molecule has 0 saturated carbocycles. The van der Waals surface area contributed by atoms with Gasteiger partial charge in [-0.05, 0) is 42.8 Å². The van der Waals surface area contributed by atoms with E-state index in [4.69, 9.17) is 10.5 Å². The fraction of sp³-hybridized carbons (Fsp3) is 0.176. The number of nitrogens with two attached hydrogens (primary N) is 1. The van der Waals surface area contributed by atoms with Gasteiger partial charge in [0.25, 0.3) is 0 Å². The van der Waals surface area contributed by atoms with Gasteiger partial charge in [0, 0.05) is 23.7 Å². The van der Waals surface area contributed by atoms with E-state index in [1.165, 1.54) is 0 Å². The molecular weight excluding hydrogens is 294 g/mol. The Balaban J connectivity index is 1.48. The topological polar surface area (TPSA) is 61.0 Å². The van der Waals surface area contributed by atoms with Crippen molar-refractivity contribution in [1.82, 2.24) is 9.97 Å². The summed E-state index contributed by atoms with van der Waals surface area (Å²) in [5, 5.41) is 3.17. The first-order valence-electron chi connectivity index (χ1n) is 7.15. The van der Waals surface area contributed by atoms with E-state index in [0.29, 0.717) is 6.61 Å². The van der Waals surface area contributed by atoms with Crippen molar-refractivity contribution in [3.63, 3.8) is 0 Å². The molecule has 3 rings (SSSR count). The minimum absolute atomic E-state index is 0.669. The monoisotopic (exact) mass is 311 g/mol. The van der Waals surface area contributed by atoms with Gasteiger partial charge >= 0.3 is 0 Å². The van der Waals surface area contributed by atoms with Crippen LogP contribution in [-0.2, 0) is 6.42 Å². The number of aromatic nitrogens is 2. The predicted octanol–water partition coefficient (Wildman–Crippen LogP) is 3.80. The standard InChI is InChI=1S/C17H17N3OS/c18-13-6-8-14(9-7-13)21-11-3-5-17-20-16(12-22-17)15-4-1-2-10-19-15/h1-2,4,6-10,12H,3,5,11,18H2. The normalized spacial score (nSPS) is 10.5. The van der Waals surface area contributed by atoms with Gasteiger partial charge in [0.05, 0.1) is 23.0 Å². The lowest BCUT2D eigenvalue weighted by atomic mass is 10.3. The van der Waals surface area contributed by atoms with Gasteiger partial charge in [0.1, 0.15) is 5.75 Å². The van der Waals surface area contributed by atoms with Crippen LogP contribution in [0.2, 0.25) is 0 Å². The first-order valence-corrected chi connectivity index (χ1v) is 8.03. The second kappa shape index (κ2) is 7.04. The van der Waals surface area contributed by atoms with Crippen LogP contribution < -0.4 is 10.5 Å². The number of ether oxygens (including phenoxy) is 1. The Hall–Kier alpha value is -2.40. The second-order valence-corrected chi connectivity index (χ2v) is 5.81. The van der Waals surface area contributed by atoms with Crippen molar-refractivity contribution in [3.05, 3.63) is 59.0 Å². The fourth-order valence-electron chi connectivity index (χ4n) is 2.04. The Morgan fingerprint density at radius 1 is 1.05 bits per heavy atom. The van der Waals surface area contributed by atoms with Crippen molar-refractivity contribution in [2.24, 2.45) is 0 Å². The molecule has 2 aromatic heterocycles. The quantitative estimate of drug-likeness (QED) is 0.555. The number of pyridine rings is 1. The first kappa shape index (κ1) is 14.5. The molecule has 0 spiro atoms. The summed E-state index contributed by atoms with van der Waals surface area (Å²) in [6, 6.07) is 13.3. The van der Waals surface area contributed by atoms with E-state index in [0.717, 1.165) is 40.7 Å². The van der Waals surface area contributed by atoms with E-state index in [9.17, 15) is 0 Å². The molecule has 0 radical (unpaired) electrons. The Morgan fingerprint density at radius 3 is 2.68 bits per heavy atom. The summed E-state index contributed by atoms with van der Waals surface area (Å²) in [4.78, 5) is 8.94. The molecule has 0 atom stereocenters. The van der Waals surface area contributed by atoms with Crippen molar-refractivity contribution < 1.29 is 4.74 Å². The number of anilines is 1. The van der Waals surface area contributed by atoms with E-state index in [1.54, 1.807) is 17.5 Å². The molecule has 2 heterocycles. The van der Waals surface area contributed by atoms with E-state index in [1.807, 2.05) is 42.5 Å². The number of nitrogens with zero attached hydrogens (tertiary/aromatic N) is 2.